The van der Waals surface area contributed by atoms with Gasteiger partial charge in [-0.05, 0) is 30.2 Å². The first-order valence-corrected chi connectivity index (χ1v) is 9.28. The molecule has 26 heavy (non-hydrogen) atoms. The lowest BCUT2D eigenvalue weighted by molar-refractivity contribution is 0.151. The molecule has 0 bridgehead atoms. The maximum absolute atomic E-state index is 4.53. The quantitative estimate of drug-likeness (QED) is 0.427. The van der Waals surface area contributed by atoms with Gasteiger partial charge in [-0.3, -0.25) is 4.99 Å². The number of aliphatic imine (C=N–C) groups is 1. The van der Waals surface area contributed by atoms with E-state index in [-0.39, 0.29) is 24.0 Å². The highest BCUT2D eigenvalue weighted by atomic mass is 127. The SMILES string of the molecule is CN=C(NCc1nccn1Cc1ccccc1)N1CCC2(CCC2)C1.I. The number of aromatic nitrogens is 2. The minimum absolute atomic E-state index is 0. The third-order valence-corrected chi connectivity index (χ3v) is 5.77. The van der Waals surface area contributed by atoms with Crippen LogP contribution in [0, 0.1) is 5.41 Å². The van der Waals surface area contributed by atoms with Crippen LogP contribution in [-0.4, -0.2) is 40.5 Å². The molecule has 1 saturated carbocycles. The van der Waals surface area contributed by atoms with Gasteiger partial charge in [0.1, 0.15) is 5.82 Å². The van der Waals surface area contributed by atoms with E-state index < -0.39 is 0 Å². The fourth-order valence-electron chi connectivity index (χ4n) is 4.12. The second kappa shape index (κ2) is 8.41. The van der Waals surface area contributed by atoms with Crippen molar-refractivity contribution < 1.29 is 0 Å². The fraction of sp³-hybridized carbons (Fsp3) is 0.500. The molecule has 0 unspecified atom stereocenters. The lowest BCUT2D eigenvalue weighted by Gasteiger charge is -2.38. The molecule has 2 heterocycles. The summed E-state index contributed by atoms with van der Waals surface area (Å²) in [6.07, 6.45) is 9.42. The molecule has 6 heteroatoms. The van der Waals surface area contributed by atoms with Crippen molar-refractivity contribution in [2.45, 2.75) is 38.8 Å². The van der Waals surface area contributed by atoms with E-state index in [1.807, 2.05) is 19.4 Å². The van der Waals surface area contributed by atoms with Crippen molar-refractivity contribution in [3.8, 4) is 0 Å². The van der Waals surface area contributed by atoms with Crippen molar-refractivity contribution >= 4 is 29.9 Å². The Morgan fingerprint density at radius 1 is 1.23 bits per heavy atom. The first-order chi connectivity index (χ1) is 12.3. The average molecular weight is 465 g/mol. The lowest BCUT2D eigenvalue weighted by atomic mass is 9.68. The smallest absolute Gasteiger partial charge is 0.194 e. The van der Waals surface area contributed by atoms with Crippen LogP contribution in [0.1, 0.15) is 37.1 Å². The van der Waals surface area contributed by atoms with E-state index in [1.54, 1.807) is 0 Å². The molecule has 2 fully saturated rings. The summed E-state index contributed by atoms with van der Waals surface area (Å²) >= 11 is 0. The number of nitrogens with one attached hydrogen (secondary N) is 1. The molecular weight excluding hydrogens is 437 g/mol. The molecule has 2 aromatic rings. The maximum Gasteiger partial charge on any atom is 0.194 e. The van der Waals surface area contributed by atoms with E-state index in [0.717, 1.165) is 31.4 Å². The van der Waals surface area contributed by atoms with Crippen molar-refractivity contribution in [1.82, 2.24) is 19.8 Å². The Labute approximate surface area is 172 Å². The van der Waals surface area contributed by atoms with E-state index >= 15 is 0 Å². The summed E-state index contributed by atoms with van der Waals surface area (Å²) in [5.74, 6) is 2.06. The van der Waals surface area contributed by atoms with Gasteiger partial charge in [0, 0.05) is 39.1 Å². The van der Waals surface area contributed by atoms with Crippen LogP contribution in [0.15, 0.2) is 47.7 Å². The maximum atomic E-state index is 4.53. The fourth-order valence-corrected chi connectivity index (χ4v) is 4.12. The first-order valence-electron chi connectivity index (χ1n) is 9.28. The molecule has 1 spiro atoms. The van der Waals surface area contributed by atoms with Crippen LogP contribution in [0.3, 0.4) is 0 Å². The largest absolute Gasteiger partial charge is 0.349 e. The van der Waals surface area contributed by atoms with E-state index in [0.29, 0.717) is 12.0 Å². The molecule has 2 aliphatic rings. The zero-order chi connectivity index (χ0) is 17.1. The molecule has 1 aromatic carbocycles. The average Bonchev–Trinajstić information content (AvgIpc) is 3.24. The van der Waals surface area contributed by atoms with Gasteiger partial charge in [0.25, 0.3) is 0 Å². The molecule has 1 N–H and O–H groups in total. The Balaban J connectivity index is 0.00000196. The summed E-state index contributed by atoms with van der Waals surface area (Å²) in [6.45, 7) is 3.84. The van der Waals surface area contributed by atoms with Crippen molar-refractivity contribution in [3.63, 3.8) is 0 Å². The van der Waals surface area contributed by atoms with E-state index in [2.05, 4.69) is 55.1 Å². The molecular formula is C20H28IN5. The van der Waals surface area contributed by atoms with Crippen LogP contribution in [-0.2, 0) is 13.1 Å². The topological polar surface area (TPSA) is 45.5 Å². The van der Waals surface area contributed by atoms with Gasteiger partial charge >= 0.3 is 0 Å². The van der Waals surface area contributed by atoms with Crippen LogP contribution in [0.5, 0.6) is 0 Å². The minimum Gasteiger partial charge on any atom is -0.349 e. The van der Waals surface area contributed by atoms with Crippen molar-refractivity contribution in [3.05, 3.63) is 54.1 Å². The predicted molar refractivity (Wildman–Crippen MR) is 116 cm³/mol. The molecule has 0 radical (unpaired) electrons. The van der Waals surface area contributed by atoms with Crippen molar-refractivity contribution in [2.75, 3.05) is 20.1 Å². The molecule has 0 atom stereocenters. The van der Waals surface area contributed by atoms with Crippen LogP contribution in [0.25, 0.3) is 0 Å². The van der Waals surface area contributed by atoms with E-state index in [4.69, 9.17) is 0 Å². The minimum atomic E-state index is 0. The van der Waals surface area contributed by atoms with Gasteiger partial charge in [-0.15, -0.1) is 24.0 Å². The van der Waals surface area contributed by atoms with Gasteiger partial charge in [-0.2, -0.15) is 0 Å². The van der Waals surface area contributed by atoms with Gasteiger partial charge in [-0.1, -0.05) is 36.8 Å². The normalized spacial score (nSPS) is 18.5. The number of hydrogen-bond acceptors (Lipinski definition) is 2. The third-order valence-electron chi connectivity index (χ3n) is 5.77. The van der Waals surface area contributed by atoms with Crippen molar-refractivity contribution in [1.29, 1.82) is 0 Å². The number of nitrogens with zero attached hydrogens (tertiary/aromatic N) is 4. The second-order valence-corrected chi connectivity index (χ2v) is 7.38. The highest BCUT2D eigenvalue weighted by molar-refractivity contribution is 14.0. The summed E-state index contributed by atoms with van der Waals surface area (Å²) in [7, 11) is 1.88. The molecule has 4 rings (SSSR count). The molecule has 1 aliphatic carbocycles. The standard InChI is InChI=1S/C20H27N5.HI/c1-21-19(25-12-10-20(16-25)8-5-9-20)23-14-18-22-11-13-24(18)15-17-6-3-2-4-7-17;/h2-4,6-7,11,13H,5,8-10,12,14-16H2,1H3,(H,21,23);1H. The lowest BCUT2D eigenvalue weighted by Crippen LogP contribution is -2.42. The first kappa shape index (κ1) is 19.2. The Morgan fingerprint density at radius 2 is 2.04 bits per heavy atom. The van der Waals surface area contributed by atoms with Gasteiger partial charge in [0.2, 0.25) is 0 Å². The Bertz CT molecular complexity index is 736. The number of benzene rings is 1. The molecule has 1 aliphatic heterocycles. The van der Waals surface area contributed by atoms with Gasteiger partial charge in [0.05, 0.1) is 6.54 Å². The number of imidazole rings is 1. The van der Waals surface area contributed by atoms with Crippen LogP contribution in [0.2, 0.25) is 0 Å². The summed E-state index contributed by atoms with van der Waals surface area (Å²) in [6, 6.07) is 10.5. The van der Waals surface area contributed by atoms with Gasteiger partial charge < -0.3 is 14.8 Å². The number of guanidine groups is 1. The highest BCUT2D eigenvalue weighted by Gasteiger charge is 2.43. The zero-order valence-electron chi connectivity index (χ0n) is 15.4. The number of hydrogen-bond donors (Lipinski definition) is 1. The van der Waals surface area contributed by atoms with Gasteiger partial charge in [-0.25, -0.2) is 4.98 Å². The molecule has 140 valence electrons. The number of rotatable bonds is 4. The summed E-state index contributed by atoms with van der Waals surface area (Å²) in [5.41, 5.74) is 1.88. The number of halogens is 1. The summed E-state index contributed by atoms with van der Waals surface area (Å²) < 4.78 is 2.20. The van der Waals surface area contributed by atoms with Crippen LogP contribution in [0.4, 0.5) is 0 Å². The molecule has 1 aromatic heterocycles. The van der Waals surface area contributed by atoms with Gasteiger partial charge in [0.15, 0.2) is 5.96 Å². The molecule has 5 nitrogen and oxygen atoms in total. The molecule has 0 amide bonds. The third kappa shape index (κ3) is 4.05. The second-order valence-electron chi connectivity index (χ2n) is 7.38. The van der Waals surface area contributed by atoms with Crippen LogP contribution < -0.4 is 5.32 Å². The summed E-state index contributed by atoms with van der Waals surface area (Å²) in [4.78, 5) is 11.4. The Kier molecular flexibility index (Phi) is 6.21. The highest BCUT2D eigenvalue weighted by Crippen LogP contribution is 2.47. The number of likely N-dealkylation sites (tertiary alicyclic amines) is 1. The predicted octanol–water partition coefficient (Wildman–Crippen LogP) is 3.50. The van der Waals surface area contributed by atoms with Crippen molar-refractivity contribution in [2.24, 2.45) is 10.4 Å². The van der Waals surface area contributed by atoms with E-state index in [9.17, 15) is 0 Å². The zero-order valence-corrected chi connectivity index (χ0v) is 17.7. The molecule has 1 saturated heterocycles. The Morgan fingerprint density at radius 3 is 2.69 bits per heavy atom. The Hall–Kier alpha value is -1.57. The van der Waals surface area contributed by atoms with Crippen LogP contribution >= 0.6 is 24.0 Å². The monoisotopic (exact) mass is 465 g/mol. The van der Waals surface area contributed by atoms with E-state index in [1.165, 1.54) is 31.2 Å². The summed E-state index contributed by atoms with van der Waals surface area (Å²) in [5, 5.41) is 3.52.